The number of thioether (sulfide) groups is 1. The Morgan fingerprint density at radius 3 is 2.41 bits per heavy atom. The third kappa shape index (κ3) is 5.14. The number of aromatic nitrogens is 2. The molecule has 0 fully saturated rings. The zero-order valence-electron chi connectivity index (χ0n) is 10.6. The van der Waals surface area contributed by atoms with Crippen molar-refractivity contribution in [3.63, 3.8) is 0 Å². The molecule has 5 heteroatoms. The first-order chi connectivity index (χ1) is 7.90. The molecule has 0 unspecified atom stereocenters. The first-order valence-corrected chi connectivity index (χ1v) is 7.94. The second-order valence-electron chi connectivity index (χ2n) is 4.65. The third-order valence-corrected chi connectivity index (χ3v) is 4.50. The second kappa shape index (κ2) is 6.95. The molecular formula is C12H18BrClN2S. The Labute approximate surface area is 121 Å². The minimum atomic E-state index is 0.523. The van der Waals surface area contributed by atoms with Gasteiger partial charge in [-0.1, -0.05) is 39.3 Å². The van der Waals surface area contributed by atoms with E-state index >= 15 is 0 Å². The van der Waals surface area contributed by atoms with Crippen molar-refractivity contribution in [3.8, 4) is 0 Å². The number of hydrogen-bond donors (Lipinski definition) is 0. The Morgan fingerprint density at radius 2 is 1.88 bits per heavy atom. The van der Waals surface area contributed by atoms with Gasteiger partial charge in [0, 0.05) is 0 Å². The van der Waals surface area contributed by atoms with Crippen LogP contribution in [0.15, 0.2) is 4.47 Å². The van der Waals surface area contributed by atoms with Crippen LogP contribution in [-0.4, -0.2) is 15.2 Å². The Balaban J connectivity index is 2.89. The largest absolute Gasteiger partial charge is 0.236 e. The summed E-state index contributed by atoms with van der Waals surface area (Å²) in [5, 5.41) is 1.10. The van der Waals surface area contributed by atoms with Crippen LogP contribution in [0.3, 0.4) is 0 Å². The fourth-order valence-electron chi connectivity index (χ4n) is 1.34. The van der Waals surface area contributed by atoms with Crippen LogP contribution in [0.4, 0.5) is 0 Å². The summed E-state index contributed by atoms with van der Waals surface area (Å²) < 4.78 is 0.839. The van der Waals surface area contributed by atoms with Gasteiger partial charge in [-0.3, -0.25) is 0 Å². The molecule has 1 rings (SSSR count). The van der Waals surface area contributed by atoms with E-state index < -0.39 is 0 Å². The van der Waals surface area contributed by atoms with Gasteiger partial charge in [0.15, 0.2) is 0 Å². The molecule has 0 aliphatic carbocycles. The standard InChI is InChI=1S/C12H18BrClN2S/c1-7(2)5-9-11(13)12(14)16-10(15-9)6-17-8(3)4/h7-8H,5-6H2,1-4H3. The number of halogens is 2. The fraction of sp³-hybridized carbons (Fsp3) is 0.667. The summed E-state index contributed by atoms with van der Waals surface area (Å²) in [6, 6.07) is 0. The normalized spacial score (nSPS) is 11.5. The van der Waals surface area contributed by atoms with Gasteiger partial charge < -0.3 is 0 Å². The average molecular weight is 338 g/mol. The topological polar surface area (TPSA) is 25.8 Å². The SMILES string of the molecule is CC(C)Cc1nc(CSC(C)C)nc(Cl)c1Br. The minimum absolute atomic E-state index is 0.523. The van der Waals surface area contributed by atoms with E-state index in [0.29, 0.717) is 16.3 Å². The highest BCUT2D eigenvalue weighted by Gasteiger charge is 2.12. The van der Waals surface area contributed by atoms with Crippen LogP contribution in [0.5, 0.6) is 0 Å². The molecule has 0 aliphatic rings. The van der Waals surface area contributed by atoms with Gasteiger partial charge in [0.1, 0.15) is 11.0 Å². The molecule has 0 amide bonds. The molecular weight excluding hydrogens is 320 g/mol. The lowest BCUT2D eigenvalue weighted by Gasteiger charge is -2.10. The van der Waals surface area contributed by atoms with E-state index in [1.54, 1.807) is 0 Å². The maximum Gasteiger partial charge on any atom is 0.147 e. The van der Waals surface area contributed by atoms with Crippen LogP contribution in [0.1, 0.15) is 39.2 Å². The van der Waals surface area contributed by atoms with Gasteiger partial charge in [0.2, 0.25) is 0 Å². The van der Waals surface area contributed by atoms with Crippen molar-refractivity contribution < 1.29 is 0 Å². The van der Waals surface area contributed by atoms with Gasteiger partial charge in [-0.2, -0.15) is 11.8 Å². The van der Waals surface area contributed by atoms with Crippen molar-refractivity contribution in [2.45, 2.75) is 45.1 Å². The summed E-state index contributed by atoms with van der Waals surface area (Å²) in [7, 11) is 0. The van der Waals surface area contributed by atoms with Gasteiger partial charge in [-0.25, -0.2) is 9.97 Å². The maximum absolute atomic E-state index is 6.11. The highest BCUT2D eigenvalue weighted by atomic mass is 79.9. The molecule has 0 spiro atoms. The fourth-order valence-corrected chi connectivity index (χ4v) is 2.50. The maximum atomic E-state index is 6.11. The molecule has 0 N–H and O–H groups in total. The van der Waals surface area contributed by atoms with Crippen LogP contribution in [0.25, 0.3) is 0 Å². The van der Waals surface area contributed by atoms with E-state index in [4.69, 9.17) is 11.6 Å². The second-order valence-corrected chi connectivity index (χ2v) is 7.36. The summed E-state index contributed by atoms with van der Waals surface area (Å²) in [5.74, 6) is 2.20. The van der Waals surface area contributed by atoms with E-state index in [-0.39, 0.29) is 0 Å². The quantitative estimate of drug-likeness (QED) is 0.726. The van der Waals surface area contributed by atoms with E-state index in [1.807, 2.05) is 11.8 Å². The molecule has 1 aromatic heterocycles. The Hall–Kier alpha value is 0.200. The van der Waals surface area contributed by atoms with Crippen LogP contribution in [0, 0.1) is 5.92 Å². The molecule has 0 bridgehead atoms. The lowest BCUT2D eigenvalue weighted by atomic mass is 10.1. The van der Waals surface area contributed by atoms with E-state index in [9.17, 15) is 0 Å². The average Bonchev–Trinajstić information content (AvgIpc) is 2.21. The first-order valence-electron chi connectivity index (χ1n) is 5.72. The van der Waals surface area contributed by atoms with Gasteiger partial charge in [-0.05, 0) is 33.5 Å². The van der Waals surface area contributed by atoms with Crippen molar-refractivity contribution in [1.82, 2.24) is 9.97 Å². The Morgan fingerprint density at radius 1 is 1.24 bits per heavy atom. The Bertz CT molecular complexity index is 383. The molecule has 96 valence electrons. The molecule has 0 aliphatic heterocycles. The summed E-state index contributed by atoms with van der Waals surface area (Å²) in [6.07, 6.45) is 0.919. The number of rotatable bonds is 5. The van der Waals surface area contributed by atoms with E-state index in [0.717, 1.165) is 28.2 Å². The summed E-state index contributed by atoms with van der Waals surface area (Å²) in [6.45, 7) is 8.68. The zero-order chi connectivity index (χ0) is 13.0. The molecule has 1 aromatic rings. The predicted molar refractivity (Wildman–Crippen MR) is 79.7 cm³/mol. The molecule has 0 atom stereocenters. The molecule has 0 saturated carbocycles. The summed E-state index contributed by atoms with van der Waals surface area (Å²) >= 11 is 11.4. The van der Waals surface area contributed by atoms with Gasteiger partial charge in [-0.15, -0.1) is 0 Å². The molecule has 2 nitrogen and oxygen atoms in total. The lowest BCUT2D eigenvalue weighted by molar-refractivity contribution is 0.629. The Kier molecular flexibility index (Phi) is 6.24. The van der Waals surface area contributed by atoms with Crippen molar-refractivity contribution in [2.75, 3.05) is 0 Å². The minimum Gasteiger partial charge on any atom is -0.236 e. The predicted octanol–water partition coefficient (Wildman–Crippen LogP) is 4.73. The van der Waals surface area contributed by atoms with Crippen molar-refractivity contribution in [1.29, 1.82) is 0 Å². The molecule has 0 saturated heterocycles. The van der Waals surface area contributed by atoms with Crippen molar-refractivity contribution in [2.24, 2.45) is 5.92 Å². The molecule has 17 heavy (non-hydrogen) atoms. The lowest BCUT2D eigenvalue weighted by Crippen LogP contribution is -2.05. The molecule has 0 aromatic carbocycles. The van der Waals surface area contributed by atoms with Gasteiger partial charge >= 0.3 is 0 Å². The number of nitrogens with zero attached hydrogens (tertiary/aromatic N) is 2. The van der Waals surface area contributed by atoms with Crippen LogP contribution in [-0.2, 0) is 12.2 Å². The third-order valence-electron chi connectivity index (χ3n) is 2.07. The number of hydrogen-bond acceptors (Lipinski definition) is 3. The highest BCUT2D eigenvalue weighted by Crippen LogP contribution is 2.26. The van der Waals surface area contributed by atoms with Crippen molar-refractivity contribution >= 4 is 39.3 Å². The summed E-state index contributed by atoms with van der Waals surface area (Å²) in [5.41, 5.74) is 1.01. The van der Waals surface area contributed by atoms with E-state index in [2.05, 4.69) is 53.6 Å². The summed E-state index contributed by atoms with van der Waals surface area (Å²) in [4.78, 5) is 8.88. The highest BCUT2D eigenvalue weighted by molar-refractivity contribution is 9.10. The molecule has 0 radical (unpaired) electrons. The van der Waals surface area contributed by atoms with Crippen LogP contribution in [0.2, 0.25) is 5.15 Å². The zero-order valence-corrected chi connectivity index (χ0v) is 13.8. The van der Waals surface area contributed by atoms with E-state index in [1.165, 1.54) is 0 Å². The smallest absolute Gasteiger partial charge is 0.147 e. The van der Waals surface area contributed by atoms with Crippen LogP contribution >= 0.6 is 39.3 Å². The van der Waals surface area contributed by atoms with Crippen LogP contribution < -0.4 is 0 Å². The van der Waals surface area contributed by atoms with Crippen molar-refractivity contribution in [3.05, 3.63) is 21.1 Å². The van der Waals surface area contributed by atoms with Gasteiger partial charge in [0.25, 0.3) is 0 Å². The molecule has 1 heterocycles. The first kappa shape index (κ1) is 15.3. The monoisotopic (exact) mass is 336 g/mol. The van der Waals surface area contributed by atoms with Gasteiger partial charge in [0.05, 0.1) is 15.9 Å².